The number of rotatable bonds is 6. The third kappa shape index (κ3) is 4.84. The van der Waals surface area contributed by atoms with Crippen LogP contribution in [0.15, 0.2) is 18.2 Å². The van der Waals surface area contributed by atoms with E-state index in [4.69, 9.17) is 15.3 Å². The van der Waals surface area contributed by atoms with Gasteiger partial charge in [0.05, 0.1) is 13.7 Å². The van der Waals surface area contributed by atoms with Gasteiger partial charge in [0.2, 0.25) is 5.91 Å². The lowest BCUT2D eigenvalue weighted by Crippen LogP contribution is -2.50. The molecule has 1 aliphatic heterocycles. The molecule has 0 aromatic heterocycles. The van der Waals surface area contributed by atoms with E-state index in [1.807, 2.05) is 6.07 Å². The SMILES string of the molecule is COc1ccc(NC(=O)[C@H]2CCCCN2N)cc1OCC(C)C. The van der Waals surface area contributed by atoms with Crippen LogP contribution in [-0.2, 0) is 4.79 Å². The zero-order chi connectivity index (χ0) is 16.8. The molecule has 2 rings (SSSR count). The fraction of sp³-hybridized carbons (Fsp3) is 0.588. The van der Waals surface area contributed by atoms with Gasteiger partial charge in [0.25, 0.3) is 0 Å². The number of carbonyl (C=O) groups is 1. The van der Waals surface area contributed by atoms with Gasteiger partial charge in [-0.1, -0.05) is 13.8 Å². The van der Waals surface area contributed by atoms with Crippen molar-refractivity contribution in [3.8, 4) is 11.5 Å². The Kier molecular flexibility index (Phi) is 6.24. The summed E-state index contributed by atoms with van der Waals surface area (Å²) in [4.78, 5) is 12.4. The third-order valence-corrected chi connectivity index (χ3v) is 3.85. The minimum atomic E-state index is -0.272. The third-order valence-electron chi connectivity index (χ3n) is 3.85. The standard InChI is InChI=1S/C17H27N3O3/c1-12(2)11-23-16-10-13(7-8-15(16)22-3)19-17(21)14-6-4-5-9-20(14)18/h7-8,10,12,14H,4-6,9,11,18H2,1-3H3,(H,19,21)/t14-/m1/s1. The number of methoxy groups -OCH3 is 1. The minimum Gasteiger partial charge on any atom is -0.493 e. The summed E-state index contributed by atoms with van der Waals surface area (Å²) in [6.07, 6.45) is 2.85. The van der Waals surface area contributed by atoms with Crippen molar-refractivity contribution in [3.63, 3.8) is 0 Å². The number of amides is 1. The summed E-state index contributed by atoms with van der Waals surface area (Å²) in [6.45, 7) is 5.50. The number of ether oxygens (including phenoxy) is 2. The Morgan fingerprint density at radius 1 is 1.39 bits per heavy atom. The number of anilines is 1. The largest absolute Gasteiger partial charge is 0.493 e. The van der Waals surface area contributed by atoms with Crippen molar-refractivity contribution in [1.82, 2.24) is 5.01 Å². The first kappa shape index (κ1) is 17.6. The molecule has 1 aromatic rings. The number of nitrogens with zero attached hydrogens (tertiary/aromatic N) is 1. The molecule has 0 radical (unpaired) electrons. The van der Waals surface area contributed by atoms with Gasteiger partial charge in [-0.2, -0.15) is 0 Å². The highest BCUT2D eigenvalue weighted by atomic mass is 16.5. The molecule has 1 amide bonds. The van der Waals surface area contributed by atoms with Crippen LogP contribution in [0, 0.1) is 5.92 Å². The van der Waals surface area contributed by atoms with Crippen LogP contribution in [0.1, 0.15) is 33.1 Å². The Bertz CT molecular complexity index is 534. The summed E-state index contributed by atoms with van der Waals surface area (Å²) >= 11 is 0. The number of hydrogen-bond donors (Lipinski definition) is 2. The molecule has 3 N–H and O–H groups in total. The molecular weight excluding hydrogens is 294 g/mol. The van der Waals surface area contributed by atoms with Gasteiger partial charge in [0, 0.05) is 18.3 Å². The zero-order valence-electron chi connectivity index (χ0n) is 14.2. The predicted octanol–water partition coefficient (Wildman–Crippen LogP) is 2.40. The van der Waals surface area contributed by atoms with Gasteiger partial charge in [-0.15, -0.1) is 0 Å². The van der Waals surface area contributed by atoms with Crippen LogP contribution in [0.3, 0.4) is 0 Å². The van der Waals surface area contributed by atoms with Crippen LogP contribution in [-0.4, -0.2) is 37.2 Å². The van der Waals surface area contributed by atoms with Gasteiger partial charge in [0.15, 0.2) is 11.5 Å². The summed E-state index contributed by atoms with van der Waals surface area (Å²) in [5.41, 5.74) is 0.688. The van der Waals surface area contributed by atoms with E-state index in [2.05, 4.69) is 19.2 Å². The average molecular weight is 321 g/mol. The summed E-state index contributed by atoms with van der Waals surface area (Å²) in [6, 6.07) is 5.13. The fourth-order valence-corrected chi connectivity index (χ4v) is 2.58. The van der Waals surface area contributed by atoms with Crippen LogP contribution in [0.4, 0.5) is 5.69 Å². The summed E-state index contributed by atoms with van der Waals surface area (Å²) in [7, 11) is 1.60. The lowest BCUT2D eigenvalue weighted by atomic mass is 10.0. The van der Waals surface area contributed by atoms with Crippen molar-refractivity contribution in [3.05, 3.63) is 18.2 Å². The van der Waals surface area contributed by atoms with E-state index >= 15 is 0 Å². The molecule has 0 unspecified atom stereocenters. The molecule has 0 spiro atoms. The van der Waals surface area contributed by atoms with Crippen LogP contribution in [0.2, 0.25) is 0 Å². The number of hydrazine groups is 1. The Balaban J connectivity index is 2.06. The molecule has 0 aliphatic carbocycles. The number of piperidine rings is 1. The maximum absolute atomic E-state index is 12.4. The summed E-state index contributed by atoms with van der Waals surface area (Å²) in [5.74, 6) is 7.54. The maximum atomic E-state index is 12.4. The number of hydrogen-bond acceptors (Lipinski definition) is 5. The van der Waals surface area contributed by atoms with Crippen molar-refractivity contribution in [2.45, 2.75) is 39.2 Å². The van der Waals surface area contributed by atoms with Crippen LogP contribution in [0.25, 0.3) is 0 Å². The normalized spacial score (nSPS) is 18.7. The van der Waals surface area contributed by atoms with E-state index < -0.39 is 0 Å². The van der Waals surface area contributed by atoms with E-state index in [1.54, 1.807) is 24.3 Å². The molecule has 1 heterocycles. The molecule has 1 aromatic carbocycles. The average Bonchev–Trinajstić information content (AvgIpc) is 2.53. The zero-order valence-corrected chi connectivity index (χ0v) is 14.2. The molecule has 6 heteroatoms. The highest BCUT2D eigenvalue weighted by molar-refractivity contribution is 5.95. The number of benzene rings is 1. The molecule has 23 heavy (non-hydrogen) atoms. The number of nitrogens with one attached hydrogen (secondary N) is 1. The molecule has 1 atom stereocenters. The molecule has 1 aliphatic rings. The molecule has 0 bridgehead atoms. The van der Waals surface area contributed by atoms with E-state index in [0.717, 1.165) is 25.8 Å². The Labute approximate surface area is 137 Å². The molecule has 1 fully saturated rings. The summed E-state index contributed by atoms with van der Waals surface area (Å²) < 4.78 is 11.1. The van der Waals surface area contributed by atoms with Gasteiger partial charge in [-0.25, -0.2) is 5.01 Å². The van der Waals surface area contributed by atoms with Crippen molar-refractivity contribution in [2.75, 3.05) is 25.6 Å². The molecule has 0 saturated carbocycles. The van der Waals surface area contributed by atoms with E-state index in [1.165, 1.54) is 0 Å². The summed E-state index contributed by atoms with van der Waals surface area (Å²) in [5, 5.41) is 4.55. The number of nitrogens with two attached hydrogens (primary N) is 1. The topological polar surface area (TPSA) is 76.8 Å². The van der Waals surface area contributed by atoms with Gasteiger partial charge < -0.3 is 14.8 Å². The number of carbonyl (C=O) groups excluding carboxylic acids is 1. The first-order chi connectivity index (χ1) is 11.0. The second-order valence-corrected chi connectivity index (χ2v) is 6.31. The highest BCUT2D eigenvalue weighted by Crippen LogP contribution is 2.31. The highest BCUT2D eigenvalue weighted by Gasteiger charge is 2.26. The second kappa shape index (κ2) is 8.17. The second-order valence-electron chi connectivity index (χ2n) is 6.31. The molecule has 128 valence electrons. The van der Waals surface area contributed by atoms with Gasteiger partial charge in [-0.05, 0) is 37.3 Å². The van der Waals surface area contributed by atoms with Crippen LogP contribution < -0.4 is 20.6 Å². The Hall–Kier alpha value is -1.79. The van der Waals surface area contributed by atoms with Crippen molar-refractivity contribution < 1.29 is 14.3 Å². The monoisotopic (exact) mass is 321 g/mol. The Morgan fingerprint density at radius 2 is 2.17 bits per heavy atom. The first-order valence-electron chi connectivity index (χ1n) is 8.14. The fourth-order valence-electron chi connectivity index (χ4n) is 2.58. The maximum Gasteiger partial charge on any atom is 0.243 e. The Morgan fingerprint density at radius 3 is 2.83 bits per heavy atom. The lowest BCUT2D eigenvalue weighted by Gasteiger charge is -2.30. The molecule has 6 nitrogen and oxygen atoms in total. The predicted molar refractivity (Wildman–Crippen MR) is 90.5 cm³/mol. The van der Waals surface area contributed by atoms with Gasteiger partial charge in [-0.3, -0.25) is 10.6 Å². The first-order valence-corrected chi connectivity index (χ1v) is 8.14. The van der Waals surface area contributed by atoms with E-state index in [9.17, 15) is 4.79 Å². The quantitative estimate of drug-likeness (QED) is 0.787. The van der Waals surface area contributed by atoms with E-state index in [0.29, 0.717) is 29.7 Å². The van der Waals surface area contributed by atoms with Crippen molar-refractivity contribution >= 4 is 11.6 Å². The van der Waals surface area contributed by atoms with E-state index in [-0.39, 0.29) is 11.9 Å². The van der Waals surface area contributed by atoms with Crippen molar-refractivity contribution in [2.24, 2.45) is 11.8 Å². The van der Waals surface area contributed by atoms with Crippen LogP contribution >= 0.6 is 0 Å². The van der Waals surface area contributed by atoms with Gasteiger partial charge in [0.1, 0.15) is 6.04 Å². The minimum absolute atomic E-state index is 0.0767. The van der Waals surface area contributed by atoms with Gasteiger partial charge >= 0.3 is 0 Å². The van der Waals surface area contributed by atoms with Crippen LogP contribution in [0.5, 0.6) is 11.5 Å². The molecule has 1 saturated heterocycles. The molecular formula is C17H27N3O3. The lowest BCUT2D eigenvalue weighted by molar-refractivity contribution is -0.122. The van der Waals surface area contributed by atoms with Crippen molar-refractivity contribution in [1.29, 1.82) is 0 Å². The smallest absolute Gasteiger partial charge is 0.243 e.